The number of rotatable bonds is 2. The first-order valence-corrected chi connectivity index (χ1v) is 8.03. The second kappa shape index (κ2) is 4.81. The molecular weight excluding hydrogens is 280 g/mol. The Bertz CT molecular complexity index is 645. The Morgan fingerprint density at radius 1 is 1.45 bits per heavy atom. The molecule has 0 unspecified atom stereocenters. The molecule has 1 spiro atoms. The number of hydrogen-bond acceptors (Lipinski definition) is 4. The smallest absolute Gasteiger partial charge is 0.310 e. The molecule has 1 amide bonds. The van der Waals surface area contributed by atoms with E-state index in [1.54, 1.807) is 0 Å². The third kappa shape index (κ3) is 1.63. The van der Waals surface area contributed by atoms with E-state index in [1.165, 1.54) is 0 Å². The van der Waals surface area contributed by atoms with E-state index in [4.69, 9.17) is 4.74 Å². The molecule has 0 bridgehead atoms. The maximum Gasteiger partial charge on any atom is 0.310 e. The SMILES string of the molecule is CCOC(=O)[C@H]1C[C@@]2(C(=O)Nc3ccccc32)N2CCC[C@H]12. The molecule has 5 heteroatoms. The van der Waals surface area contributed by atoms with Crippen molar-refractivity contribution in [3.63, 3.8) is 0 Å². The molecule has 1 N–H and O–H groups in total. The van der Waals surface area contributed by atoms with Gasteiger partial charge in [0.2, 0.25) is 5.91 Å². The van der Waals surface area contributed by atoms with Crippen LogP contribution in [0.5, 0.6) is 0 Å². The number of hydrogen-bond donors (Lipinski definition) is 1. The second-order valence-electron chi connectivity index (χ2n) is 6.33. The minimum Gasteiger partial charge on any atom is -0.466 e. The molecule has 0 saturated carbocycles. The van der Waals surface area contributed by atoms with Crippen LogP contribution in [0.4, 0.5) is 5.69 Å². The zero-order valence-corrected chi connectivity index (χ0v) is 12.7. The third-order valence-electron chi connectivity index (χ3n) is 5.36. The number of carbonyl (C=O) groups is 2. The Hall–Kier alpha value is -1.88. The van der Waals surface area contributed by atoms with Crippen molar-refractivity contribution >= 4 is 17.6 Å². The zero-order valence-electron chi connectivity index (χ0n) is 12.7. The van der Waals surface area contributed by atoms with Crippen LogP contribution >= 0.6 is 0 Å². The van der Waals surface area contributed by atoms with Gasteiger partial charge in [-0.25, -0.2) is 0 Å². The number of amides is 1. The van der Waals surface area contributed by atoms with E-state index in [-0.39, 0.29) is 23.8 Å². The van der Waals surface area contributed by atoms with Gasteiger partial charge in [-0.05, 0) is 38.8 Å². The lowest BCUT2D eigenvalue weighted by molar-refractivity contribution is -0.148. The van der Waals surface area contributed by atoms with Gasteiger partial charge in [-0.3, -0.25) is 14.5 Å². The van der Waals surface area contributed by atoms with Crippen molar-refractivity contribution in [1.29, 1.82) is 0 Å². The summed E-state index contributed by atoms with van der Waals surface area (Å²) in [5.41, 5.74) is 1.20. The topological polar surface area (TPSA) is 58.6 Å². The Kier molecular flexibility index (Phi) is 3.01. The van der Waals surface area contributed by atoms with Crippen molar-refractivity contribution in [1.82, 2.24) is 4.90 Å². The van der Waals surface area contributed by atoms with Crippen LogP contribution in [0.1, 0.15) is 31.7 Å². The normalized spacial score (nSPS) is 32.9. The molecule has 0 aliphatic carbocycles. The number of carbonyl (C=O) groups excluding carboxylic acids is 2. The lowest BCUT2D eigenvalue weighted by atomic mass is 9.84. The lowest BCUT2D eigenvalue weighted by Crippen LogP contribution is -2.47. The quantitative estimate of drug-likeness (QED) is 0.847. The number of para-hydroxylation sites is 1. The molecule has 5 nitrogen and oxygen atoms in total. The first-order valence-electron chi connectivity index (χ1n) is 8.03. The maximum absolute atomic E-state index is 12.8. The van der Waals surface area contributed by atoms with Crippen molar-refractivity contribution in [2.45, 2.75) is 37.8 Å². The summed E-state index contributed by atoms with van der Waals surface area (Å²) in [6.45, 7) is 3.08. The van der Waals surface area contributed by atoms with E-state index in [0.29, 0.717) is 13.0 Å². The van der Waals surface area contributed by atoms with E-state index in [2.05, 4.69) is 10.2 Å². The molecule has 3 aliphatic rings. The van der Waals surface area contributed by atoms with Crippen LogP contribution in [0.15, 0.2) is 24.3 Å². The van der Waals surface area contributed by atoms with E-state index in [0.717, 1.165) is 30.6 Å². The zero-order chi connectivity index (χ0) is 15.3. The molecule has 22 heavy (non-hydrogen) atoms. The molecule has 4 rings (SSSR count). The van der Waals surface area contributed by atoms with Crippen molar-refractivity contribution in [3.8, 4) is 0 Å². The number of nitrogens with zero attached hydrogens (tertiary/aromatic N) is 1. The second-order valence-corrected chi connectivity index (χ2v) is 6.33. The van der Waals surface area contributed by atoms with E-state index in [9.17, 15) is 9.59 Å². The predicted molar refractivity (Wildman–Crippen MR) is 81.2 cm³/mol. The molecule has 1 aromatic carbocycles. The lowest BCUT2D eigenvalue weighted by Gasteiger charge is -2.32. The van der Waals surface area contributed by atoms with Crippen LogP contribution in [0.3, 0.4) is 0 Å². The van der Waals surface area contributed by atoms with Gasteiger partial charge in [-0.2, -0.15) is 0 Å². The highest BCUT2D eigenvalue weighted by Crippen LogP contribution is 2.54. The average molecular weight is 300 g/mol. The largest absolute Gasteiger partial charge is 0.466 e. The number of anilines is 1. The van der Waals surface area contributed by atoms with Crippen LogP contribution < -0.4 is 5.32 Å². The first kappa shape index (κ1) is 13.8. The summed E-state index contributed by atoms with van der Waals surface area (Å²) in [5, 5.41) is 3.00. The van der Waals surface area contributed by atoms with Crippen LogP contribution in [0, 0.1) is 5.92 Å². The molecule has 1 aromatic rings. The van der Waals surface area contributed by atoms with Crippen molar-refractivity contribution < 1.29 is 14.3 Å². The average Bonchev–Trinajstić information content (AvgIpc) is 3.16. The van der Waals surface area contributed by atoms with Crippen LogP contribution in [-0.4, -0.2) is 36.0 Å². The van der Waals surface area contributed by atoms with E-state index < -0.39 is 5.54 Å². The number of ether oxygens (including phenoxy) is 1. The fourth-order valence-electron chi connectivity index (χ4n) is 4.53. The Labute approximate surface area is 129 Å². The monoisotopic (exact) mass is 300 g/mol. The highest BCUT2D eigenvalue weighted by Gasteiger charge is 2.63. The Balaban J connectivity index is 1.79. The van der Waals surface area contributed by atoms with Crippen LogP contribution in [0.25, 0.3) is 0 Å². The molecule has 2 saturated heterocycles. The summed E-state index contributed by atoms with van der Waals surface area (Å²) < 4.78 is 5.26. The minimum atomic E-state index is -0.685. The van der Waals surface area contributed by atoms with Gasteiger partial charge in [0.1, 0.15) is 5.54 Å². The van der Waals surface area contributed by atoms with Gasteiger partial charge in [0.05, 0.1) is 12.5 Å². The predicted octanol–water partition coefficient (Wildman–Crippen LogP) is 1.88. The van der Waals surface area contributed by atoms with Crippen LogP contribution in [0.2, 0.25) is 0 Å². The van der Waals surface area contributed by atoms with Gasteiger partial charge < -0.3 is 10.1 Å². The van der Waals surface area contributed by atoms with Gasteiger partial charge in [-0.15, -0.1) is 0 Å². The summed E-state index contributed by atoms with van der Waals surface area (Å²) in [4.78, 5) is 27.4. The van der Waals surface area contributed by atoms with Gasteiger partial charge in [0, 0.05) is 17.3 Å². The summed E-state index contributed by atoms with van der Waals surface area (Å²) in [7, 11) is 0. The highest BCUT2D eigenvalue weighted by atomic mass is 16.5. The van der Waals surface area contributed by atoms with Gasteiger partial charge in [0.15, 0.2) is 0 Å². The summed E-state index contributed by atoms with van der Waals surface area (Å²) >= 11 is 0. The van der Waals surface area contributed by atoms with Gasteiger partial charge >= 0.3 is 5.97 Å². The van der Waals surface area contributed by atoms with Crippen molar-refractivity contribution in [2.75, 3.05) is 18.5 Å². The minimum absolute atomic E-state index is 0.00685. The molecule has 3 atom stereocenters. The summed E-state index contributed by atoms with van der Waals surface area (Å²) in [6.07, 6.45) is 2.51. The van der Waals surface area contributed by atoms with E-state index in [1.807, 2.05) is 31.2 Å². The van der Waals surface area contributed by atoms with Crippen molar-refractivity contribution in [3.05, 3.63) is 29.8 Å². The molecule has 0 aromatic heterocycles. The summed E-state index contributed by atoms with van der Waals surface area (Å²) in [6, 6.07) is 7.96. The van der Waals surface area contributed by atoms with Crippen LogP contribution in [-0.2, 0) is 19.9 Å². The summed E-state index contributed by atoms with van der Waals surface area (Å²) in [5.74, 6) is -0.361. The molecule has 3 aliphatic heterocycles. The highest BCUT2D eigenvalue weighted by molar-refractivity contribution is 6.06. The molecule has 3 heterocycles. The van der Waals surface area contributed by atoms with Gasteiger partial charge in [0.25, 0.3) is 0 Å². The third-order valence-corrected chi connectivity index (χ3v) is 5.36. The fraction of sp³-hybridized carbons (Fsp3) is 0.529. The number of benzene rings is 1. The first-order chi connectivity index (χ1) is 10.7. The number of esters is 1. The molecule has 116 valence electrons. The van der Waals surface area contributed by atoms with E-state index >= 15 is 0 Å². The molecule has 0 radical (unpaired) electrons. The molecule has 2 fully saturated rings. The van der Waals surface area contributed by atoms with Gasteiger partial charge in [-0.1, -0.05) is 18.2 Å². The number of fused-ring (bicyclic) bond motifs is 4. The fourth-order valence-corrected chi connectivity index (χ4v) is 4.53. The molecular formula is C17H20N2O3. The Morgan fingerprint density at radius 2 is 2.27 bits per heavy atom. The van der Waals surface area contributed by atoms with Crippen molar-refractivity contribution in [2.24, 2.45) is 5.92 Å². The Morgan fingerprint density at radius 3 is 3.09 bits per heavy atom. The standard InChI is InChI=1S/C17H20N2O3/c1-2-22-15(20)11-10-17(19-9-5-8-14(11)19)12-6-3-4-7-13(12)18-16(17)21/h3-4,6-7,11,14H,2,5,8-10H2,1H3,(H,18,21)/t11-,14+,17+/m0/s1. The maximum atomic E-state index is 12.8. The number of nitrogens with one attached hydrogen (secondary N) is 1.